The maximum absolute atomic E-state index is 2.40. The minimum atomic E-state index is -0.0983. The first kappa shape index (κ1) is 6.58. The normalized spacial score (nSPS) is 27.3. The van der Waals surface area contributed by atoms with E-state index in [1.807, 2.05) is 0 Å². The molecule has 0 amide bonds. The van der Waals surface area contributed by atoms with Crippen LogP contribution in [0.25, 0.3) is 0 Å². The molecule has 0 bridgehead atoms. The average molecular weight is 325 g/mol. The standard InChI is InChI=1S/C5H11I2/c1-2-7-5-3-4-6-7/h2-5H2,1H3/q-1. The molecule has 1 fully saturated rings. The van der Waals surface area contributed by atoms with E-state index in [0.717, 1.165) is 17.2 Å². The summed E-state index contributed by atoms with van der Waals surface area (Å²) in [5, 5.41) is 0. The summed E-state index contributed by atoms with van der Waals surface area (Å²) in [6, 6.07) is 0. The van der Waals surface area contributed by atoms with Gasteiger partial charge in [0.05, 0.1) is 0 Å². The van der Waals surface area contributed by atoms with Crippen molar-refractivity contribution in [2.45, 2.75) is 13.3 Å². The molecule has 0 unspecified atom stereocenters. The van der Waals surface area contributed by atoms with Crippen LogP contribution in [0, 0.1) is 0 Å². The van der Waals surface area contributed by atoms with Crippen molar-refractivity contribution in [3.05, 3.63) is 0 Å². The van der Waals surface area contributed by atoms with Crippen LogP contribution in [-0.2, 0) is 0 Å². The van der Waals surface area contributed by atoms with Gasteiger partial charge in [0.15, 0.2) is 0 Å². The molecule has 0 radical (unpaired) electrons. The Bertz CT molecular complexity index is 48.0. The van der Waals surface area contributed by atoms with Gasteiger partial charge in [0.1, 0.15) is 0 Å². The molecule has 1 saturated heterocycles. The first-order valence-electron chi connectivity index (χ1n) is 2.65. The van der Waals surface area contributed by atoms with E-state index in [1.165, 1.54) is 0 Å². The van der Waals surface area contributed by atoms with E-state index in [1.54, 1.807) is 19.7 Å². The number of hydrogen-bond acceptors (Lipinski definition) is 0. The molecule has 0 nitrogen and oxygen atoms in total. The second-order valence-corrected chi connectivity index (χ2v) is 19.6. The molecule has 7 heavy (non-hydrogen) atoms. The second kappa shape index (κ2) is 3.48. The molecule has 1 aliphatic rings. The van der Waals surface area contributed by atoms with Crippen LogP contribution in [0.4, 0.5) is 0 Å². The van der Waals surface area contributed by atoms with E-state index in [9.17, 15) is 0 Å². The van der Waals surface area contributed by atoms with Gasteiger partial charge in [-0.2, -0.15) is 0 Å². The van der Waals surface area contributed by atoms with Crippen molar-refractivity contribution in [1.82, 2.24) is 0 Å². The number of halogens is 2. The Labute approximate surface area is 59.1 Å². The average Bonchev–Trinajstić information content (AvgIpc) is 2.14. The third-order valence-corrected chi connectivity index (χ3v) is 21.4. The first-order chi connectivity index (χ1) is 3.43. The third kappa shape index (κ3) is 2.03. The van der Waals surface area contributed by atoms with Gasteiger partial charge >= 0.3 is 59.7 Å². The summed E-state index contributed by atoms with van der Waals surface area (Å²) in [4.78, 5) is 0. The fourth-order valence-corrected chi connectivity index (χ4v) is 18.4. The van der Waals surface area contributed by atoms with Crippen LogP contribution < -0.4 is 17.2 Å². The van der Waals surface area contributed by atoms with Crippen LogP contribution in [0.15, 0.2) is 0 Å². The number of rotatable bonds is 1. The van der Waals surface area contributed by atoms with Crippen LogP contribution in [0.2, 0.25) is 0 Å². The van der Waals surface area contributed by atoms with E-state index in [4.69, 9.17) is 0 Å². The number of alkyl halides is 3. The molecular formula is C5H11I2-. The summed E-state index contributed by atoms with van der Waals surface area (Å²) >= 11 is 0.735. The summed E-state index contributed by atoms with van der Waals surface area (Å²) in [7, 11) is 0. The van der Waals surface area contributed by atoms with Gasteiger partial charge < -0.3 is 0 Å². The molecule has 0 aromatic carbocycles. The summed E-state index contributed by atoms with van der Waals surface area (Å²) < 4.78 is 5.02. The minimum absolute atomic E-state index is 0.0983. The molecule has 0 aromatic heterocycles. The predicted octanol–water partition coefficient (Wildman–Crippen LogP) is -1.08. The van der Waals surface area contributed by atoms with Crippen molar-refractivity contribution in [3.8, 4) is 0 Å². The van der Waals surface area contributed by atoms with Gasteiger partial charge in [-0.15, -0.1) is 0 Å². The Morgan fingerprint density at radius 1 is 1.71 bits per heavy atom. The van der Waals surface area contributed by atoms with Gasteiger partial charge in [-0.1, -0.05) is 0 Å². The SMILES string of the molecule is CCI1CCC[I-]1. The summed E-state index contributed by atoms with van der Waals surface area (Å²) in [5.74, 6) is 0. The Kier molecular flexibility index (Phi) is 3.27. The van der Waals surface area contributed by atoms with Crippen molar-refractivity contribution < 1.29 is 17.2 Å². The Morgan fingerprint density at radius 3 is 2.86 bits per heavy atom. The maximum atomic E-state index is 2.40. The van der Waals surface area contributed by atoms with Crippen LogP contribution in [0.5, 0.6) is 0 Å². The quantitative estimate of drug-likeness (QED) is 0.425. The van der Waals surface area contributed by atoms with Crippen LogP contribution in [-0.4, -0.2) is 13.3 Å². The second-order valence-electron chi connectivity index (χ2n) is 1.49. The summed E-state index contributed by atoms with van der Waals surface area (Å²) in [6.45, 7) is 2.40. The van der Waals surface area contributed by atoms with E-state index < -0.39 is 0 Å². The molecule has 46 valence electrons. The molecule has 0 spiro atoms. The van der Waals surface area contributed by atoms with Gasteiger partial charge in [0.25, 0.3) is 0 Å². The Balaban J connectivity index is 2.14. The monoisotopic (exact) mass is 325 g/mol. The number of hydrogen-bond donors (Lipinski definition) is 0. The molecule has 1 rings (SSSR count). The fourth-order valence-electron chi connectivity index (χ4n) is 0.603. The van der Waals surface area contributed by atoms with Gasteiger partial charge in [-0.3, -0.25) is 0 Å². The predicted molar refractivity (Wildman–Crippen MR) is 38.9 cm³/mol. The van der Waals surface area contributed by atoms with Crippen molar-refractivity contribution in [2.75, 3.05) is 13.3 Å². The molecule has 0 aromatic rings. The Morgan fingerprint density at radius 2 is 2.57 bits per heavy atom. The zero-order valence-corrected chi connectivity index (χ0v) is 8.90. The summed E-state index contributed by atoms with van der Waals surface area (Å²) in [5.41, 5.74) is 0. The van der Waals surface area contributed by atoms with Crippen LogP contribution >= 0.6 is 15.8 Å². The molecule has 0 atom stereocenters. The summed E-state index contributed by atoms with van der Waals surface area (Å²) in [6.07, 6.45) is 1.62. The fraction of sp³-hybridized carbons (Fsp3) is 1.00. The van der Waals surface area contributed by atoms with Gasteiger partial charge in [-0.05, 0) is 0 Å². The molecule has 2 heteroatoms. The third-order valence-electron chi connectivity index (χ3n) is 0.977. The van der Waals surface area contributed by atoms with Crippen molar-refractivity contribution in [1.29, 1.82) is 0 Å². The van der Waals surface area contributed by atoms with Gasteiger partial charge in [0, 0.05) is 0 Å². The van der Waals surface area contributed by atoms with E-state index >= 15 is 0 Å². The van der Waals surface area contributed by atoms with Crippen LogP contribution in [0.3, 0.4) is 0 Å². The van der Waals surface area contributed by atoms with Crippen molar-refractivity contribution in [2.24, 2.45) is 0 Å². The van der Waals surface area contributed by atoms with Crippen LogP contribution in [0.1, 0.15) is 13.3 Å². The molecule has 1 heterocycles. The molecular weight excluding hydrogens is 314 g/mol. The molecule has 0 aliphatic carbocycles. The molecule has 0 N–H and O–H groups in total. The Hall–Kier alpha value is 1.46. The first-order valence-corrected chi connectivity index (χ1v) is 13.5. The van der Waals surface area contributed by atoms with E-state index in [0.29, 0.717) is 0 Å². The molecule has 1 aliphatic heterocycles. The zero-order valence-electron chi connectivity index (χ0n) is 4.58. The van der Waals surface area contributed by atoms with E-state index in [2.05, 4.69) is 6.92 Å². The topological polar surface area (TPSA) is 0 Å². The zero-order chi connectivity index (χ0) is 5.11. The van der Waals surface area contributed by atoms with Crippen molar-refractivity contribution >= 4 is 15.8 Å². The van der Waals surface area contributed by atoms with Gasteiger partial charge in [-0.25, -0.2) is 0 Å². The van der Waals surface area contributed by atoms with Gasteiger partial charge in [0.2, 0.25) is 0 Å². The van der Waals surface area contributed by atoms with Crippen molar-refractivity contribution in [3.63, 3.8) is 0 Å². The van der Waals surface area contributed by atoms with E-state index in [-0.39, 0.29) is 15.8 Å². The molecule has 0 saturated carbocycles.